The van der Waals surface area contributed by atoms with Crippen LogP contribution in [-0.2, 0) is 7.05 Å². The van der Waals surface area contributed by atoms with Gasteiger partial charge in [-0.3, -0.25) is 4.57 Å². The summed E-state index contributed by atoms with van der Waals surface area (Å²) < 4.78 is 7.94. The first kappa shape index (κ1) is 16.8. The molecule has 0 saturated carbocycles. The molecule has 0 bridgehead atoms. The topological polar surface area (TPSA) is 60.0 Å². The minimum absolute atomic E-state index is 0.0208. The Morgan fingerprint density at radius 2 is 2.05 bits per heavy atom. The maximum absolute atomic E-state index is 12.4. The lowest BCUT2D eigenvalue weighted by molar-refractivity contribution is 0.341. The Labute approximate surface area is 142 Å². The van der Waals surface area contributed by atoms with Crippen LogP contribution in [0.25, 0.3) is 5.69 Å². The number of ether oxygens (including phenoxy) is 1. The first-order chi connectivity index (χ1) is 10.4. The lowest BCUT2D eigenvalue weighted by Crippen LogP contribution is -2.22. The predicted octanol–water partition coefficient (Wildman–Crippen LogP) is 3.28. The molecule has 22 heavy (non-hydrogen) atoms. The fourth-order valence-corrected chi connectivity index (χ4v) is 2.55. The van der Waals surface area contributed by atoms with Crippen LogP contribution in [0.4, 0.5) is 0 Å². The van der Waals surface area contributed by atoms with E-state index < -0.39 is 5.69 Å². The van der Waals surface area contributed by atoms with Crippen LogP contribution >= 0.6 is 34.8 Å². The molecule has 2 rings (SSSR count). The minimum atomic E-state index is -0.445. The first-order valence-corrected chi connectivity index (χ1v) is 7.58. The number of benzene rings is 1. The highest BCUT2D eigenvalue weighted by Crippen LogP contribution is 2.31. The molecule has 0 saturated heterocycles. The number of alkyl halides is 1. The van der Waals surface area contributed by atoms with Crippen molar-refractivity contribution in [3.63, 3.8) is 0 Å². The van der Waals surface area contributed by atoms with Crippen molar-refractivity contribution in [3.8, 4) is 17.5 Å². The van der Waals surface area contributed by atoms with Gasteiger partial charge in [-0.05, 0) is 18.6 Å². The number of hydrogen-bond acceptors (Lipinski definition) is 3. The van der Waals surface area contributed by atoms with Gasteiger partial charge in [0.2, 0.25) is 0 Å². The lowest BCUT2D eigenvalue weighted by Gasteiger charge is -2.13. The summed E-state index contributed by atoms with van der Waals surface area (Å²) in [5, 5.41) is 9.63. The van der Waals surface area contributed by atoms with Crippen molar-refractivity contribution in [1.29, 1.82) is 5.26 Å². The molecular formula is C14H12Cl3N3O2. The molecule has 0 aliphatic heterocycles. The molecule has 0 fully saturated rings. The number of hydrogen-bond donors (Lipinski definition) is 0. The monoisotopic (exact) mass is 359 g/mol. The Bertz CT molecular complexity index is 818. The standard InChI is InChI=1S/C14H12Cl3N3O2/c1-8-5-10(12(6-9(8)16)22-4-3-15)20-13(17)11(7-18)19(2)14(20)21/h5-6H,3-4H2,1-2H3. The van der Waals surface area contributed by atoms with Crippen molar-refractivity contribution < 1.29 is 4.74 Å². The highest BCUT2D eigenvalue weighted by atomic mass is 35.5. The van der Waals surface area contributed by atoms with E-state index in [0.717, 1.165) is 5.56 Å². The molecule has 1 aromatic heterocycles. The third-order valence-electron chi connectivity index (χ3n) is 3.13. The normalized spacial score (nSPS) is 10.5. The third-order valence-corrected chi connectivity index (χ3v) is 4.04. The summed E-state index contributed by atoms with van der Waals surface area (Å²) in [6, 6.07) is 5.18. The summed E-state index contributed by atoms with van der Waals surface area (Å²) in [5.74, 6) is 0.654. The number of aromatic nitrogens is 2. The van der Waals surface area contributed by atoms with Crippen LogP contribution in [0.15, 0.2) is 16.9 Å². The molecule has 2 aromatic rings. The van der Waals surface area contributed by atoms with Gasteiger partial charge in [0.1, 0.15) is 18.4 Å². The number of rotatable bonds is 4. The largest absolute Gasteiger partial charge is 0.490 e. The van der Waals surface area contributed by atoms with Crippen LogP contribution < -0.4 is 10.4 Å². The van der Waals surface area contributed by atoms with Crippen molar-refractivity contribution >= 4 is 34.8 Å². The van der Waals surface area contributed by atoms with Gasteiger partial charge in [0, 0.05) is 18.1 Å². The number of nitrogens with zero attached hydrogens (tertiary/aromatic N) is 3. The van der Waals surface area contributed by atoms with Gasteiger partial charge >= 0.3 is 5.69 Å². The number of imidazole rings is 1. The second kappa shape index (κ2) is 6.66. The van der Waals surface area contributed by atoms with Crippen molar-refractivity contribution in [3.05, 3.63) is 44.1 Å². The maximum atomic E-state index is 12.4. The van der Waals surface area contributed by atoms with Crippen LogP contribution in [0.2, 0.25) is 10.2 Å². The van der Waals surface area contributed by atoms with E-state index in [9.17, 15) is 4.79 Å². The summed E-state index contributed by atoms with van der Waals surface area (Å²) >= 11 is 17.9. The molecule has 0 atom stereocenters. The van der Waals surface area contributed by atoms with Gasteiger partial charge in [-0.1, -0.05) is 23.2 Å². The molecule has 8 heteroatoms. The zero-order chi connectivity index (χ0) is 16.4. The molecule has 5 nitrogen and oxygen atoms in total. The molecular weight excluding hydrogens is 349 g/mol. The van der Waals surface area contributed by atoms with Gasteiger partial charge in [-0.25, -0.2) is 9.36 Å². The lowest BCUT2D eigenvalue weighted by atomic mass is 10.2. The smallest absolute Gasteiger partial charge is 0.334 e. The summed E-state index contributed by atoms with van der Waals surface area (Å²) in [7, 11) is 1.48. The number of aryl methyl sites for hydroxylation is 1. The molecule has 1 aromatic carbocycles. The molecule has 0 amide bonds. The van der Waals surface area contributed by atoms with Gasteiger partial charge in [-0.2, -0.15) is 5.26 Å². The SMILES string of the molecule is Cc1cc(-n2c(Cl)c(C#N)n(C)c2=O)c(OCCCl)cc1Cl. The molecule has 0 N–H and O–H groups in total. The Hall–Kier alpha value is -1.61. The molecule has 0 aliphatic rings. The van der Waals surface area contributed by atoms with E-state index >= 15 is 0 Å². The zero-order valence-corrected chi connectivity index (χ0v) is 14.1. The van der Waals surface area contributed by atoms with Gasteiger partial charge < -0.3 is 4.74 Å². The van der Waals surface area contributed by atoms with Gasteiger partial charge in [0.15, 0.2) is 10.8 Å². The van der Waals surface area contributed by atoms with Crippen LogP contribution in [-0.4, -0.2) is 21.6 Å². The van der Waals surface area contributed by atoms with E-state index in [1.54, 1.807) is 19.1 Å². The zero-order valence-electron chi connectivity index (χ0n) is 11.9. The molecule has 0 unspecified atom stereocenters. The van der Waals surface area contributed by atoms with E-state index in [1.807, 2.05) is 6.07 Å². The Kier molecular flexibility index (Phi) is 5.07. The quantitative estimate of drug-likeness (QED) is 0.786. The maximum Gasteiger partial charge on any atom is 0.334 e. The van der Waals surface area contributed by atoms with Crippen LogP contribution in [0, 0.1) is 18.3 Å². The van der Waals surface area contributed by atoms with E-state index in [-0.39, 0.29) is 23.3 Å². The van der Waals surface area contributed by atoms with Crippen LogP contribution in [0.3, 0.4) is 0 Å². The third kappa shape index (κ3) is 2.82. The number of nitriles is 1. The fourth-order valence-electron chi connectivity index (χ4n) is 1.99. The van der Waals surface area contributed by atoms with E-state index in [4.69, 9.17) is 44.8 Å². The Morgan fingerprint density at radius 3 is 2.59 bits per heavy atom. The van der Waals surface area contributed by atoms with Gasteiger partial charge in [0.05, 0.1) is 11.6 Å². The summed E-state index contributed by atoms with van der Waals surface area (Å²) in [4.78, 5) is 12.4. The Morgan fingerprint density at radius 1 is 1.36 bits per heavy atom. The summed E-state index contributed by atoms with van der Waals surface area (Å²) in [6.07, 6.45) is 0. The molecule has 0 spiro atoms. The molecule has 116 valence electrons. The van der Waals surface area contributed by atoms with E-state index in [1.165, 1.54) is 16.2 Å². The van der Waals surface area contributed by atoms with Crippen LogP contribution in [0.1, 0.15) is 11.3 Å². The average molecular weight is 361 g/mol. The van der Waals surface area contributed by atoms with E-state index in [2.05, 4.69) is 0 Å². The average Bonchev–Trinajstić information content (AvgIpc) is 2.70. The number of halogens is 3. The fraction of sp³-hybridized carbons (Fsp3) is 0.286. The highest BCUT2D eigenvalue weighted by Gasteiger charge is 2.21. The highest BCUT2D eigenvalue weighted by molar-refractivity contribution is 6.32. The van der Waals surface area contributed by atoms with Gasteiger partial charge in [-0.15, -0.1) is 11.6 Å². The molecule has 0 radical (unpaired) electrons. The summed E-state index contributed by atoms with van der Waals surface area (Å²) in [6.45, 7) is 2.04. The minimum Gasteiger partial charge on any atom is -0.490 e. The van der Waals surface area contributed by atoms with Crippen molar-refractivity contribution in [2.24, 2.45) is 7.05 Å². The second-order valence-electron chi connectivity index (χ2n) is 4.53. The van der Waals surface area contributed by atoms with Crippen molar-refractivity contribution in [2.45, 2.75) is 6.92 Å². The second-order valence-corrected chi connectivity index (χ2v) is 5.68. The van der Waals surface area contributed by atoms with Crippen molar-refractivity contribution in [2.75, 3.05) is 12.5 Å². The first-order valence-electron chi connectivity index (χ1n) is 6.29. The van der Waals surface area contributed by atoms with Crippen molar-refractivity contribution in [1.82, 2.24) is 9.13 Å². The van der Waals surface area contributed by atoms with Crippen LogP contribution in [0.5, 0.6) is 5.75 Å². The Balaban J connectivity index is 2.75. The predicted molar refractivity (Wildman–Crippen MR) is 86.7 cm³/mol. The summed E-state index contributed by atoms with van der Waals surface area (Å²) in [5.41, 5.74) is 0.792. The van der Waals surface area contributed by atoms with Gasteiger partial charge in [0.25, 0.3) is 0 Å². The molecule has 1 heterocycles. The van der Waals surface area contributed by atoms with E-state index in [0.29, 0.717) is 16.5 Å². The molecule has 0 aliphatic carbocycles.